The summed E-state index contributed by atoms with van der Waals surface area (Å²) in [5.41, 5.74) is 0.688. The number of hydrogen-bond acceptors (Lipinski definition) is 1. The maximum atomic E-state index is 12.4. The van der Waals surface area contributed by atoms with Crippen LogP contribution in [0.2, 0.25) is 0 Å². The van der Waals surface area contributed by atoms with Crippen molar-refractivity contribution in [3.05, 3.63) is 0 Å². The average molecular weight is 274 g/mol. The second-order valence-corrected chi connectivity index (χ2v) is 8.82. The van der Waals surface area contributed by atoms with Gasteiger partial charge >= 0.3 is 0 Å². The first kappa shape index (κ1) is 13.3. The summed E-state index contributed by atoms with van der Waals surface area (Å²) in [6.45, 7) is 4.92. The summed E-state index contributed by atoms with van der Waals surface area (Å²) >= 11 is 0. The molecule has 1 nitrogen and oxygen atoms in total. The Morgan fingerprint density at radius 3 is 2.60 bits per heavy atom. The third-order valence-electron chi connectivity index (χ3n) is 8.29. The molecule has 4 fully saturated rings. The molecule has 4 saturated carbocycles. The minimum atomic E-state index is 0.0685. The predicted octanol–water partition coefficient (Wildman–Crippen LogP) is 4.99. The molecule has 1 unspecified atom stereocenters. The Balaban J connectivity index is 1.66. The summed E-state index contributed by atoms with van der Waals surface area (Å²) in [7, 11) is 0. The highest BCUT2D eigenvalue weighted by molar-refractivity contribution is 5.87. The van der Waals surface area contributed by atoms with Gasteiger partial charge in [-0.15, -0.1) is 0 Å². The van der Waals surface area contributed by atoms with E-state index in [4.69, 9.17) is 0 Å². The maximum Gasteiger partial charge on any atom is 0.139 e. The quantitative estimate of drug-likeness (QED) is 0.608. The molecule has 0 aromatic carbocycles. The highest BCUT2D eigenvalue weighted by Crippen LogP contribution is 2.65. The zero-order valence-corrected chi connectivity index (χ0v) is 13.3. The second-order valence-electron chi connectivity index (χ2n) is 8.82. The molecule has 4 rings (SSSR count). The lowest BCUT2D eigenvalue weighted by Gasteiger charge is -2.59. The fourth-order valence-electron chi connectivity index (χ4n) is 7.07. The molecule has 4 aliphatic rings. The largest absolute Gasteiger partial charge is 0.299 e. The van der Waals surface area contributed by atoms with Gasteiger partial charge in [-0.05, 0) is 74.0 Å². The Hall–Kier alpha value is -0.330. The number of hydrogen-bond donors (Lipinski definition) is 0. The van der Waals surface area contributed by atoms with Crippen LogP contribution in [-0.4, -0.2) is 5.78 Å². The molecule has 0 saturated heterocycles. The Morgan fingerprint density at radius 1 is 0.900 bits per heavy atom. The zero-order chi connectivity index (χ0) is 14.0. The van der Waals surface area contributed by atoms with Gasteiger partial charge in [0, 0.05) is 11.8 Å². The summed E-state index contributed by atoms with van der Waals surface area (Å²) < 4.78 is 0. The van der Waals surface area contributed by atoms with Crippen LogP contribution >= 0.6 is 0 Å². The van der Waals surface area contributed by atoms with Gasteiger partial charge in [0.2, 0.25) is 0 Å². The molecule has 0 aliphatic heterocycles. The van der Waals surface area contributed by atoms with Gasteiger partial charge in [0.15, 0.2) is 0 Å². The molecule has 4 aliphatic carbocycles. The molecule has 0 radical (unpaired) electrons. The molecule has 0 N–H and O–H groups in total. The van der Waals surface area contributed by atoms with E-state index in [9.17, 15) is 4.79 Å². The van der Waals surface area contributed by atoms with E-state index in [2.05, 4.69) is 13.8 Å². The molecule has 0 aromatic rings. The third-order valence-corrected chi connectivity index (χ3v) is 8.29. The summed E-state index contributed by atoms with van der Waals surface area (Å²) in [4.78, 5) is 12.4. The second kappa shape index (κ2) is 4.34. The third kappa shape index (κ3) is 1.58. The molecule has 6 atom stereocenters. The molecule has 0 bridgehead atoms. The summed E-state index contributed by atoms with van der Waals surface area (Å²) in [5.74, 6) is 4.13. The van der Waals surface area contributed by atoms with E-state index in [0.717, 1.165) is 30.1 Å². The number of Topliss-reactive ketones (excluding diaryl/α,β-unsaturated/α-hetero) is 1. The number of carbonyl (C=O) groups is 1. The Kier molecular flexibility index (Phi) is 2.89. The molecule has 1 heteroatoms. The van der Waals surface area contributed by atoms with Crippen molar-refractivity contribution in [2.75, 3.05) is 0 Å². The fraction of sp³-hybridized carbons (Fsp3) is 0.947. The standard InChI is InChI=1S/C19H30O/c1-18-11-4-3-5-13(18)6-7-14-15-8-9-17(20)19(15,2)12-10-16(14)18/h13-16H,3-12H2,1-2H3/t13-,14+,15+,16?,18+,19+/m1/s1. The molecule has 0 aromatic heterocycles. The van der Waals surface area contributed by atoms with Crippen molar-refractivity contribution in [3.8, 4) is 0 Å². The number of carbonyl (C=O) groups excluding carboxylic acids is 1. The smallest absolute Gasteiger partial charge is 0.139 e. The average Bonchev–Trinajstić information content (AvgIpc) is 2.74. The van der Waals surface area contributed by atoms with Gasteiger partial charge in [0.25, 0.3) is 0 Å². The van der Waals surface area contributed by atoms with Crippen LogP contribution < -0.4 is 0 Å². The van der Waals surface area contributed by atoms with Crippen LogP contribution in [0.5, 0.6) is 0 Å². The molecular weight excluding hydrogens is 244 g/mol. The number of fused-ring (bicyclic) bond motifs is 5. The minimum Gasteiger partial charge on any atom is -0.299 e. The lowest BCUT2D eigenvalue weighted by atomic mass is 9.45. The van der Waals surface area contributed by atoms with E-state index in [1.165, 1.54) is 57.8 Å². The van der Waals surface area contributed by atoms with Crippen LogP contribution in [0.1, 0.15) is 78.1 Å². The first-order valence-corrected chi connectivity index (χ1v) is 9.09. The highest BCUT2D eigenvalue weighted by atomic mass is 16.1. The lowest BCUT2D eigenvalue weighted by molar-refractivity contribution is -0.138. The van der Waals surface area contributed by atoms with Crippen molar-refractivity contribution < 1.29 is 4.79 Å². The van der Waals surface area contributed by atoms with Gasteiger partial charge in [-0.2, -0.15) is 0 Å². The maximum absolute atomic E-state index is 12.4. The van der Waals surface area contributed by atoms with Crippen molar-refractivity contribution in [2.45, 2.75) is 78.1 Å². The van der Waals surface area contributed by atoms with E-state index in [-0.39, 0.29) is 5.41 Å². The van der Waals surface area contributed by atoms with Crippen LogP contribution in [0.3, 0.4) is 0 Å². The summed E-state index contributed by atoms with van der Waals surface area (Å²) in [6, 6.07) is 0. The van der Waals surface area contributed by atoms with Crippen molar-refractivity contribution in [2.24, 2.45) is 34.5 Å². The van der Waals surface area contributed by atoms with Crippen molar-refractivity contribution in [3.63, 3.8) is 0 Å². The molecular formula is C19H30O. The van der Waals surface area contributed by atoms with E-state index in [0.29, 0.717) is 11.2 Å². The minimum absolute atomic E-state index is 0.0685. The zero-order valence-electron chi connectivity index (χ0n) is 13.3. The molecule has 0 amide bonds. The van der Waals surface area contributed by atoms with Gasteiger partial charge in [-0.25, -0.2) is 0 Å². The van der Waals surface area contributed by atoms with Crippen molar-refractivity contribution in [1.29, 1.82) is 0 Å². The molecule has 112 valence electrons. The Morgan fingerprint density at radius 2 is 1.75 bits per heavy atom. The lowest BCUT2D eigenvalue weighted by Crippen LogP contribution is -2.52. The van der Waals surface area contributed by atoms with E-state index < -0.39 is 0 Å². The van der Waals surface area contributed by atoms with E-state index in [1.807, 2.05) is 0 Å². The first-order valence-electron chi connectivity index (χ1n) is 9.09. The molecule has 0 heterocycles. The van der Waals surface area contributed by atoms with E-state index >= 15 is 0 Å². The highest BCUT2D eigenvalue weighted by Gasteiger charge is 2.59. The van der Waals surface area contributed by atoms with Crippen LogP contribution in [0, 0.1) is 34.5 Å². The van der Waals surface area contributed by atoms with Crippen molar-refractivity contribution in [1.82, 2.24) is 0 Å². The Labute approximate surface area is 123 Å². The van der Waals surface area contributed by atoms with Gasteiger partial charge in [0.05, 0.1) is 0 Å². The molecule has 20 heavy (non-hydrogen) atoms. The molecule has 0 spiro atoms. The monoisotopic (exact) mass is 274 g/mol. The SMILES string of the molecule is C[C@]12CCC3[C@@H](CC[C@H]4CCCC[C@]34C)[C@@H]1CCC2=O. The number of ketones is 1. The van der Waals surface area contributed by atoms with Crippen molar-refractivity contribution >= 4 is 5.78 Å². The van der Waals surface area contributed by atoms with Gasteiger partial charge in [-0.1, -0.05) is 26.7 Å². The van der Waals surface area contributed by atoms with Crippen LogP contribution in [0.25, 0.3) is 0 Å². The van der Waals surface area contributed by atoms with Gasteiger partial charge in [-0.3, -0.25) is 4.79 Å². The van der Waals surface area contributed by atoms with Gasteiger partial charge < -0.3 is 0 Å². The first-order chi connectivity index (χ1) is 9.56. The predicted molar refractivity (Wildman–Crippen MR) is 81.4 cm³/mol. The van der Waals surface area contributed by atoms with Gasteiger partial charge in [0.1, 0.15) is 5.78 Å². The van der Waals surface area contributed by atoms with Crippen LogP contribution in [0.4, 0.5) is 0 Å². The normalized spacial score (nSPS) is 55.0. The summed E-state index contributed by atoms with van der Waals surface area (Å²) in [5, 5.41) is 0. The fourth-order valence-corrected chi connectivity index (χ4v) is 7.07. The number of rotatable bonds is 0. The summed E-state index contributed by atoms with van der Waals surface area (Å²) in [6.07, 6.45) is 13.4. The Bertz CT molecular complexity index is 427. The van der Waals surface area contributed by atoms with E-state index in [1.54, 1.807) is 0 Å². The van der Waals surface area contributed by atoms with Crippen LogP contribution in [0.15, 0.2) is 0 Å². The topological polar surface area (TPSA) is 17.1 Å². The van der Waals surface area contributed by atoms with Crippen LogP contribution in [-0.2, 0) is 4.79 Å².